The van der Waals surface area contributed by atoms with Gasteiger partial charge in [-0.25, -0.2) is 4.79 Å². The minimum atomic E-state index is -0.682. The highest BCUT2D eigenvalue weighted by Crippen LogP contribution is 2.35. The van der Waals surface area contributed by atoms with Gasteiger partial charge in [-0.3, -0.25) is 14.5 Å². The zero-order valence-electron chi connectivity index (χ0n) is 17.6. The number of nitrogens with zero attached hydrogens (tertiary/aromatic N) is 2. The number of urea groups is 1. The number of amides is 4. The number of piperidine rings is 1. The molecule has 29 heavy (non-hydrogen) atoms. The smallest absolute Gasteiger partial charge is 0.325 e. The van der Waals surface area contributed by atoms with E-state index in [1.54, 1.807) is 0 Å². The van der Waals surface area contributed by atoms with Crippen LogP contribution in [0.15, 0.2) is 0 Å². The van der Waals surface area contributed by atoms with Gasteiger partial charge in [-0.2, -0.15) is 0 Å². The highest BCUT2D eigenvalue weighted by atomic mass is 16.2. The second kappa shape index (κ2) is 9.02. The van der Waals surface area contributed by atoms with Crippen molar-refractivity contribution in [3.05, 3.63) is 0 Å². The number of hydrogen-bond acceptors (Lipinski definition) is 4. The Bertz CT molecular complexity index is 618. The SMILES string of the molecule is O=C(CCN1C(=O)NC2(CCCC2)C1=O)NC1CCN(CC2CCCCC2)CC1. The lowest BCUT2D eigenvalue weighted by Crippen LogP contribution is -2.46. The maximum absolute atomic E-state index is 12.6. The van der Waals surface area contributed by atoms with Crippen LogP contribution in [0.4, 0.5) is 4.79 Å². The number of carbonyl (C=O) groups is 3. The monoisotopic (exact) mass is 404 g/mol. The van der Waals surface area contributed by atoms with Crippen molar-refractivity contribution < 1.29 is 14.4 Å². The van der Waals surface area contributed by atoms with Crippen molar-refractivity contribution in [3.8, 4) is 0 Å². The van der Waals surface area contributed by atoms with Gasteiger partial charge >= 0.3 is 6.03 Å². The molecular formula is C22H36N4O3. The molecule has 7 nitrogen and oxygen atoms in total. The van der Waals surface area contributed by atoms with Gasteiger partial charge in [-0.05, 0) is 44.4 Å². The second-order valence-electron chi connectivity index (χ2n) is 9.57. The Morgan fingerprint density at radius 3 is 2.38 bits per heavy atom. The molecule has 2 saturated heterocycles. The van der Waals surface area contributed by atoms with E-state index in [2.05, 4.69) is 15.5 Å². The van der Waals surface area contributed by atoms with Crippen molar-refractivity contribution in [2.24, 2.45) is 5.92 Å². The Labute approximate surface area is 173 Å². The van der Waals surface area contributed by atoms with Crippen LogP contribution in [0, 0.1) is 5.92 Å². The van der Waals surface area contributed by atoms with Crippen molar-refractivity contribution in [2.75, 3.05) is 26.2 Å². The van der Waals surface area contributed by atoms with Crippen LogP contribution in [0.5, 0.6) is 0 Å². The number of imide groups is 1. The maximum Gasteiger partial charge on any atom is 0.325 e. The van der Waals surface area contributed by atoms with Gasteiger partial charge in [0.2, 0.25) is 5.91 Å². The van der Waals surface area contributed by atoms with E-state index in [0.717, 1.165) is 57.5 Å². The predicted octanol–water partition coefficient (Wildman–Crippen LogP) is 2.40. The zero-order chi connectivity index (χ0) is 20.3. The first-order valence-corrected chi connectivity index (χ1v) is 11.7. The average Bonchev–Trinajstić information content (AvgIpc) is 3.28. The molecule has 1 spiro atoms. The van der Waals surface area contributed by atoms with Crippen LogP contribution in [0.25, 0.3) is 0 Å². The fraction of sp³-hybridized carbons (Fsp3) is 0.864. The van der Waals surface area contributed by atoms with Crippen LogP contribution in [-0.2, 0) is 9.59 Å². The normalized spacial score (nSPS) is 26.3. The van der Waals surface area contributed by atoms with E-state index >= 15 is 0 Å². The Balaban J connectivity index is 1.16. The number of carbonyl (C=O) groups excluding carboxylic acids is 3. The summed E-state index contributed by atoms with van der Waals surface area (Å²) in [5, 5.41) is 6.00. The molecule has 2 heterocycles. The molecule has 0 aromatic heterocycles. The first-order valence-electron chi connectivity index (χ1n) is 11.7. The fourth-order valence-electron chi connectivity index (χ4n) is 5.70. The van der Waals surface area contributed by atoms with Gasteiger partial charge in [-0.1, -0.05) is 32.1 Å². The minimum absolute atomic E-state index is 0.0521. The standard InChI is InChI=1S/C22H36N4O3/c27-19(10-15-26-20(28)22(24-21(26)29)11-4-5-12-22)23-18-8-13-25(14-9-18)16-17-6-2-1-3-7-17/h17-18H,1-16H2,(H,23,27)(H,24,29). The Kier molecular flexibility index (Phi) is 6.42. The Morgan fingerprint density at radius 1 is 1.00 bits per heavy atom. The van der Waals surface area contributed by atoms with E-state index < -0.39 is 5.54 Å². The van der Waals surface area contributed by atoms with E-state index in [0.29, 0.717) is 0 Å². The summed E-state index contributed by atoms with van der Waals surface area (Å²) in [6, 6.07) is -0.116. The van der Waals surface area contributed by atoms with Crippen molar-refractivity contribution in [1.29, 1.82) is 0 Å². The van der Waals surface area contributed by atoms with Crippen LogP contribution < -0.4 is 10.6 Å². The minimum Gasteiger partial charge on any atom is -0.353 e. The van der Waals surface area contributed by atoms with Crippen LogP contribution in [0.2, 0.25) is 0 Å². The van der Waals surface area contributed by atoms with E-state index in [1.165, 1.54) is 43.5 Å². The molecule has 0 aromatic carbocycles. The summed E-state index contributed by atoms with van der Waals surface area (Å²) in [5.41, 5.74) is -0.682. The Morgan fingerprint density at radius 2 is 1.69 bits per heavy atom. The highest BCUT2D eigenvalue weighted by Gasteiger charge is 2.52. The summed E-state index contributed by atoms with van der Waals surface area (Å²) in [6.07, 6.45) is 12.5. The van der Waals surface area contributed by atoms with E-state index in [1.807, 2.05) is 0 Å². The van der Waals surface area contributed by atoms with Crippen molar-refractivity contribution in [2.45, 2.75) is 88.6 Å². The molecule has 7 heteroatoms. The maximum atomic E-state index is 12.6. The first-order chi connectivity index (χ1) is 14.1. The molecule has 2 aliphatic carbocycles. The van der Waals surface area contributed by atoms with Gasteiger partial charge in [0.1, 0.15) is 5.54 Å². The van der Waals surface area contributed by atoms with Gasteiger partial charge in [-0.15, -0.1) is 0 Å². The molecule has 0 radical (unpaired) electrons. The molecule has 0 aromatic rings. The van der Waals surface area contributed by atoms with Gasteiger partial charge in [0.25, 0.3) is 5.91 Å². The van der Waals surface area contributed by atoms with E-state index in [-0.39, 0.29) is 36.9 Å². The highest BCUT2D eigenvalue weighted by molar-refractivity contribution is 6.07. The molecule has 0 atom stereocenters. The molecule has 4 fully saturated rings. The van der Waals surface area contributed by atoms with Gasteiger partial charge < -0.3 is 15.5 Å². The summed E-state index contributed by atoms with van der Waals surface area (Å²) in [4.78, 5) is 41.1. The summed E-state index contributed by atoms with van der Waals surface area (Å²) < 4.78 is 0. The van der Waals surface area contributed by atoms with Crippen LogP contribution in [-0.4, -0.2) is 65.4 Å². The molecule has 0 bridgehead atoms. The lowest BCUT2D eigenvalue weighted by Gasteiger charge is -2.35. The number of nitrogens with one attached hydrogen (secondary N) is 2. The molecule has 162 valence electrons. The quantitative estimate of drug-likeness (QED) is 0.666. The van der Waals surface area contributed by atoms with Crippen molar-refractivity contribution in [3.63, 3.8) is 0 Å². The number of hydrogen-bond donors (Lipinski definition) is 2. The van der Waals surface area contributed by atoms with Crippen LogP contribution in [0.3, 0.4) is 0 Å². The predicted molar refractivity (Wildman–Crippen MR) is 110 cm³/mol. The molecule has 2 aliphatic heterocycles. The fourth-order valence-corrected chi connectivity index (χ4v) is 5.70. The van der Waals surface area contributed by atoms with E-state index in [4.69, 9.17) is 0 Å². The van der Waals surface area contributed by atoms with Gasteiger partial charge in [0.15, 0.2) is 0 Å². The molecule has 0 unspecified atom stereocenters. The molecule has 4 amide bonds. The summed E-state index contributed by atoms with van der Waals surface area (Å²) in [7, 11) is 0. The van der Waals surface area contributed by atoms with Crippen LogP contribution in [0.1, 0.15) is 77.0 Å². The molecule has 2 N–H and O–H groups in total. The number of rotatable bonds is 6. The van der Waals surface area contributed by atoms with Crippen molar-refractivity contribution >= 4 is 17.8 Å². The molecule has 4 aliphatic rings. The van der Waals surface area contributed by atoms with E-state index in [9.17, 15) is 14.4 Å². The topological polar surface area (TPSA) is 81.8 Å². The zero-order valence-corrected chi connectivity index (χ0v) is 17.6. The third-order valence-electron chi connectivity index (χ3n) is 7.46. The summed E-state index contributed by atoms with van der Waals surface area (Å²) in [6.45, 7) is 3.50. The largest absolute Gasteiger partial charge is 0.353 e. The Hall–Kier alpha value is -1.63. The molecule has 2 saturated carbocycles. The van der Waals surface area contributed by atoms with Gasteiger partial charge in [0.05, 0.1) is 0 Å². The molecule has 4 rings (SSSR count). The second-order valence-corrected chi connectivity index (χ2v) is 9.57. The van der Waals surface area contributed by atoms with Gasteiger partial charge in [0, 0.05) is 38.6 Å². The average molecular weight is 405 g/mol. The lowest BCUT2D eigenvalue weighted by atomic mass is 9.88. The van der Waals surface area contributed by atoms with Crippen LogP contribution >= 0.6 is 0 Å². The third kappa shape index (κ3) is 4.76. The van der Waals surface area contributed by atoms with Crippen molar-refractivity contribution in [1.82, 2.24) is 20.4 Å². The summed E-state index contributed by atoms with van der Waals surface area (Å²) in [5.74, 6) is 0.676. The lowest BCUT2D eigenvalue weighted by molar-refractivity contribution is -0.131. The summed E-state index contributed by atoms with van der Waals surface area (Å²) >= 11 is 0. The first kappa shape index (κ1) is 20.6. The third-order valence-corrected chi connectivity index (χ3v) is 7.46. The molecular weight excluding hydrogens is 368 g/mol. The number of likely N-dealkylation sites (tertiary alicyclic amines) is 1.